The van der Waals surface area contributed by atoms with Crippen LogP contribution in [0.15, 0.2) is 24.3 Å². The Labute approximate surface area is 303 Å². The highest BCUT2D eigenvalue weighted by atomic mass is 16.5. The molecule has 0 aliphatic carbocycles. The molecule has 14 nitrogen and oxygen atoms in total. The highest BCUT2D eigenvalue weighted by Gasteiger charge is 2.42. The van der Waals surface area contributed by atoms with Crippen molar-refractivity contribution in [2.75, 3.05) is 48.5 Å². The summed E-state index contributed by atoms with van der Waals surface area (Å²) in [6.45, 7) is 9.81. The van der Waals surface area contributed by atoms with Crippen LogP contribution in [-0.2, 0) is 39.9 Å². The summed E-state index contributed by atoms with van der Waals surface area (Å²) < 4.78 is 11.7. The second-order valence-electron chi connectivity index (χ2n) is 14.3. The van der Waals surface area contributed by atoms with Crippen molar-refractivity contribution in [3.63, 3.8) is 0 Å². The lowest BCUT2D eigenvalue weighted by molar-refractivity contribution is -0.147. The van der Waals surface area contributed by atoms with Crippen LogP contribution in [0.5, 0.6) is 5.75 Å². The topological polar surface area (TPSA) is 178 Å². The van der Waals surface area contributed by atoms with E-state index in [2.05, 4.69) is 10.6 Å². The van der Waals surface area contributed by atoms with Gasteiger partial charge in [0.25, 0.3) is 0 Å². The number of aliphatic carboxylic acids is 1. The van der Waals surface area contributed by atoms with E-state index in [-0.39, 0.29) is 60.7 Å². The number of methoxy groups -OCH3 is 2. The quantitative estimate of drug-likeness (QED) is 0.156. The molecule has 1 aromatic rings. The monoisotopic (exact) mass is 719 g/mol. The third-order valence-corrected chi connectivity index (χ3v) is 10.2. The van der Waals surface area contributed by atoms with Crippen LogP contribution in [0, 0.1) is 17.8 Å². The first-order valence-electron chi connectivity index (χ1n) is 17.8. The van der Waals surface area contributed by atoms with Gasteiger partial charge < -0.3 is 40.1 Å². The number of carboxylic acids is 1. The zero-order valence-electron chi connectivity index (χ0n) is 32.0. The Morgan fingerprint density at radius 1 is 0.980 bits per heavy atom. The molecular weight excluding hydrogens is 658 g/mol. The number of amides is 4. The van der Waals surface area contributed by atoms with E-state index in [9.17, 15) is 34.2 Å². The molecule has 2 rings (SSSR count). The minimum Gasteiger partial charge on any atom is -0.508 e. The summed E-state index contributed by atoms with van der Waals surface area (Å²) in [6, 6.07) is 3.60. The molecule has 1 saturated heterocycles. The molecule has 4 amide bonds. The average molecular weight is 720 g/mol. The minimum absolute atomic E-state index is 0.0211. The van der Waals surface area contributed by atoms with Gasteiger partial charge in [0.1, 0.15) is 11.8 Å². The highest BCUT2D eigenvalue weighted by molar-refractivity contribution is 5.88. The maximum absolute atomic E-state index is 14.0. The van der Waals surface area contributed by atoms with Crippen LogP contribution in [0.2, 0.25) is 0 Å². The Kier molecular flexibility index (Phi) is 17.3. The molecule has 6 unspecified atom stereocenters. The van der Waals surface area contributed by atoms with Crippen LogP contribution >= 0.6 is 0 Å². The summed E-state index contributed by atoms with van der Waals surface area (Å²) >= 11 is 0. The third kappa shape index (κ3) is 11.9. The SMILES string of the molecule is CCC(C)C(C(CC(=O)N1CCC[C@H]1C(OC)C(C)C(=O)N[C@@H](Cc1ccc(O)cc1)C(=O)O)OC)N(C)C(=O)CNC(=O)C(C(C)C)N(C)C. The number of phenols is 1. The summed E-state index contributed by atoms with van der Waals surface area (Å²) in [5.74, 6) is -3.18. The first-order valence-corrected chi connectivity index (χ1v) is 17.8. The molecule has 8 atom stereocenters. The number of hydrogen-bond acceptors (Lipinski definition) is 9. The number of carboxylic acid groups (broad SMARTS) is 1. The Morgan fingerprint density at radius 3 is 2.12 bits per heavy atom. The van der Waals surface area contributed by atoms with Crippen LogP contribution in [0.3, 0.4) is 0 Å². The van der Waals surface area contributed by atoms with Crippen molar-refractivity contribution in [3.05, 3.63) is 29.8 Å². The Morgan fingerprint density at radius 2 is 1.61 bits per heavy atom. The van der Waals surface area contributed by atoms with Crippen molar-refractivity contribution in [2.24, 2.45) is 17.8 Å². The van der Waals surface area contributed by atoms with Gasteiger partial charge in [0.15, 0.2) is 0 Å². The third-order valence-electron chi connectivity index (χ3n) is 10.2. The van der Waals surface area contributed by atoms with E-state index in [1.54, 1.807) is 35.9 Å². The molecule has 0 bridgehead atoms. The number of nitrogens with zero attached hydrogens (tertiary/aromatic N) is 3. The standard InChI is InChI=1S/C37H61N5O9/c1-11-23(4)33(41(8)31(45)21-38-36(47)32(22(2)3)40(6)7)29(50-9)20-30(44)42-18-12-13-28(42)34(51-10)24(5)35(46)39-27(37(48)49)19-25-14-16-26(43)17-15-25/h14-17,22-24,27-29,32-34,43H,11-13,18-21H2,1-10H3,(H,38,47)(H,39,46)(H,48,49)/t23?,24?,27-,28-,29?,32?,33?,34?/m0/s1. The van der Waals surface area contributed by atoms with E-state index >= 15 is 0 Å². The van der Waals surface area contributed by atoms with Crippen molar-refractivity contribution >= 4 is 29.6 Å². The number of ether oxygens (including phenoxy) is 2. The van der Waals surface area contributed by atoms with Crippen LogP contribution in [-0.4, -0.2) is 139 Å². The second-order valence-corrected chi connectivity index (χ2v) is 14.3. The lowest BCUT2D eigenvalue weighted by Crippen LogP contribution is -2.55. The number of hydrogen-bond donors (Lipinski definition) is 4. The average Bonchev–Trinajstić information content (AvgIpc) is 3.56. The van der Waals surface area contributed by atoms with Crippen molar-refractivity contribution in [1.82, 2.24) is 25.3 Å². The summed E-state index contributed by atoms with van der Waals surface area (Å²) in [7, 11) is 8.30. The van der Waals surface area contributed by atoms with Crippen molar-refractivity contribution in [1.29, 1.82) is 0 Å². The number of benzene rings is 1. The molecular formula is C37H61N5O9. The van der Waals surface area contributed by atoms with Gasteiger partial charge in [-0.25, -0.2) is 4.79 Å². The van der Waals surface area contributed by atoms with Crippen molar-refractivity contribution < 1.29 is 43.7 Å². The summed E-state index contributed by atoms with van der Waals surface area (Å²) in [4.78, 5) is 70.9. The molecule has 0 spiro atoms. The summed E-state index contributed by atoms with van der Waals surface area (Å²) in [5, 5.41) is 24.8. The Hall–Kier alpha value is -3.75. The van der Waals surface area contributed by atoms with Gasteiger partial charge in [-0.1, -0.05) is 53.2 Å². The van der Waals surface area contributed by atoms with Crippen LogP contribution in [0.25, 0.3) is 0 Å². The molecule has 51 heavy (non-hydrogen) atoms. The van der Waals surface area contributed by atoms with Gasteiger partial charge in [-0.05, 0) is 56.5 Å². The fraction of sp³-hybridized carbons (Fsp3) is 0.703. The molecule has 1 aliphatic rings. The first kappa shape index (κ1) is 43.4. The lowest BCUT2D eigenvalue weighted by Gasteiger charge is -2.39. The number of carbonyl (C=O) groups excluding carboxylic acids is 4. The highest BCUT2D eigenvalue weighted by Crippen LogP contribution is 2.29. The van der Waals surface area contributed by atoms with E-state index in [1.807, 2.05) is 46.7 Å². The van der Waals surface area contributed by atoms with Crippen LogP contribution in [0.1, 0.15) is 65.9 Å². The number of likely N-dealkylation sites (tertiary alicyclic amines) is 1. The first-order chi connectivity index (χ1) is 24.0. The van der Waals surface area contributed by atoms with Gasteiger partial charge in [-0.2, -0.15) is 0 Å². The van der Waals surface area contributed by atoms with Crippen molar-refractivity contribution in [3.8, 4) is 5.75 Å². The Balaban J connectivity index is 2.18. The number of carbonyl (C=O) groups is 5. The van der Waals surface area contributed by atoms with E-state index in [4.69, 9.17) is 9.47 Å². The van der Waals surface area contributed by atoms with Crippen molar-refractivity contribution in [2.45, 2.75) is 103 Å². The van der Waals surface area contributed by atoms with E-state index in [0.717, 1.165) is 0 Å². The number of aromatic hydroxyl groups is 1. The summed E-state index contributed by atoms with van der Waals surface area (Å²) in [5.41, 5.74) is 0.633. The fourth-order valence-electron chi connectivity index (χ4n) is 7.22. The van der Waals surface area contributed by atoms with Gasteiger partial charge in [-0.15, -0.1) is 0 Å². The number of phenolic OH excluding ortho intramolecular Hbond substituents is 1. The molecule has 288 valence electrons. The van der Waals surface area contributed by atoms with Crippen LogP contribution < -0.4 is 10.6 Å². The predicted molar refractivity (Wildman–Crippen MR) is 193 cm³/mol. The smallest absolute Gasteiger partial charge is 0.326 e. The maximum atomic E-state index is 14.0. The molecule has 1 aromatic carbocycles. The van der Waals surface area contributed by atoms with Gasteiger partial charge >= 0.3 is 5.97 Å². The van der Waals surface area contributed by atoms with Gasteiger partial charge in [-0.3, -0.25) is 24.1 Å². The number of rotatable bonds is 20. The van der Waals surface area contributed by atoms with E-state index < -0.39 is 48.1 Å². The van der Waals surface area contributed by atoms with Crippen LogP contribution in [0.4, 0.5) is 0 Å². The lowest BCUT2D eigenvalue weighted by atomic mass is 9.90. The van der Waals surface area contributed by atoms with E-state index in [0.29, 0.717) is 31.4 Å². The Bertz CT molecular complexity index is 1300. The fourth-order valence-corrected chi connectivity index (χ4v) is 7.22. The molecule has 1 aliphatic heterocycles. The molecule has 1 heterocycles. The van der Waals surface area contributed by atoms with E-state index in [1.165, 1.54) is 26.4 Å². The van der Waals surface area contributed by atoms with Gasteiger partial charge in [0.2, 0.25) is 23.6 Å². The zero-order valence-corrected chi connectivity index (χ0v) is 32.0. The number of nitrogens with one attached hydrogen (secondary N) is 2. The molecule has 0 radical (unpaired) electrons. The molecule has 4 N–H and O–H groups in total. The second kappa shape index (κ2) is 20.3. The largest absolute Gasteiger partial charge is 0.508 e. The minimum atomic E-state index is -1.21. The maximum Gasteiger partial charge on any atom is 0.326 e. The van der Waals surface area contributed by atoms with Gasteiger partial charge in [0, 0.05) is 34.2 Å². The molecule has 0 saturated carbocycles. The van der Waals surface area contributed by atoms with Gasteiger partial charge in [0.05, 0.1) is 49.2 Å². The number of likely N-dealkylation sites (N-methyl/N-ethyl adjacent to an activating group) is 2. The summed E-state index contributed by atoms with van der Waals surface area (Å²) in [6.07, 6.45) is 0.635. The zero-order chi connectivity index (χ0) is 38.6. The predicted octanol–water partition coefficient (Wildman–Crippen LogP) is 2.13. The molecule has 1 fully saturated rings. The molecule has 0 aromatic heterocycles. The normalized spacial score (nSPS) is 18.7. The molecule has 14 heteroatoms.